The minimum absolute atomic E-state index is 0.0330. The number of aliphatic carboxylic acids is 1. The van der Waals surface area contributed by atoms with Gasteiger partial charge in [0.25, 0.3) is 0 Å². The molecule has 0 aromatic carbocycles. The predicted molar refractivity (Wildman–Crippen MR) is 151 cm³/mol. The van der Waals surface area contributed by atoms with Crippen molar-refractivity contribution < 1.29 is 28.5 Å². The molecule has 0 spiro atoms. The Kier molecular flexibility index (Phi) is 8.69. The molecule has 1 aromatic rings. The van der Waals surface area contributed by atoms with E-state index in [0.29, 0.717) is 43.5 Å². The van der Waals surface area contributed by atoms with Crippen molar-refractivity contribution in [3.8, 4) is 11.8 Å². The molecule has 226 valence electrons. The van der Waals surface area contributed by atoms with Gasteiger partial charge in [0.2, 0.25) is 0 Å². The summed E-state index contributed by atoms with van der Waals surface area (Å²) < 4.78 is 36.1. The average Bonchev–Trinajstić information content (AvgIpc) is 3.40. The lowest BCUT2D eigenvalue weighted by Crippen LogP contribution is -2.46. The third kappa shape index (κ3) is 6.19. The molecule has 6 unspecified atom stereocenters. The largest absolute Gasteiger partial charge is 0.472 e. The molecule has 41 heavy (non-hydrogen) atoms. The van der Waals surface area contributed by atoms with Crippen molar-refractivity contribution in [1.82, 2.24) is 14.5 Å². The average molecular weight is 592 g/mol. The van der Waals surface area contributed by atoms with Crippen LogP contribution in [0.5, 0.6) is 0 Å². The molecule has 2 aliphatic carbocycles. The highest BCUT2D eigenvalue weighted by Crippen LogP contribution is 2.50. The van der Waals surface area contributed by atoms with Crippen LogP contribution in [0.4, 0.5) is 4.39 Å². The lowest BCUT2D eigenvalue weighted by atomic mass is 9.73. The normalized spacial score (nSPS) is 38.1. The fourth-order valence-corrected chi connectivity index (χ4v) is 8.27. The number of fused-ring (bicyclic) bond motifs is 1. The van der Waals surface area contributed by atoms with Gasteiger partial charge in [0.05, 0.1) is 37.1 Å². The van der Waals surface area contributed by atoms with Crippen molar-refractivity contribution in [2.24, 2.45) is 17.8 Å². The summed E-state index contributed by atoms with van der Waals surface area (Å²) in [7, 11) is 0. The Labute approximate surface area is 247 Å². The summed E-state index contributed by atoms with van der Waals surface area (Å²) in [6.07, 6.45) is 7.50. The van der Waals surface area contributed by atoms with E-state index < -0.39 is 17.9 Å². The zero-order valence-electron chi connectivity index (χ0n) is 24.2. The number of carboxylic acids is 1. The number of hydrogen-bond donors (Lipinski definition) is 1. The molecule has 3 aliphatic heterocycles. The van der Waals surface area contributed by atoms with Gasteiger partial charge in [0, 0.05) is 23.8 Å². The lowest BCUT2D eigenvalue weighted by molar-refractivity contribution is -0.219. The monoisotopic (exact) mass is 591 g/mol. The Morgan fingerprint density at radius 2 is 1.95 bits per heavy atom. The van der Waals surface area contributed by atoms with Crippen LogP contribution < -0.4 is 0 Å². The second kappa shape index (κ2) is 12.1. The van der Waals surface area contributed by atoms with Crippen LogP contribution in [0.15, 0.2) is 0 Å². The van der Waals surface area contributed by atoms with Crippen LogP contribution in [-0.4, -0.2) is 80.9 Å². The number of carboxylic acid groups (broad SMARTS) is 1. The molecule has 4 heterocycles. The summed E-state index contributed by atoms with van der Waals surface area (Å²) in [5, 5.41) is 9.00. The third-order valence-corrected chi connectivity index (χ3v) is 10.6. The summed E-state index contributed by atoms with van der Waals surface area (Å²) in [6.45, 7) is 7.88. The van der Waals surface area contributed by atoms with Gasteiger partial charge in [0.1, 0.15) is 17.7 Å². The first kappa shape index (κ1) is 29.4. The van der Waals surface area contributed by atoms with E-state index in [9.17, 15) is 4.79 Å². The van der Waals surface area contributed by atoms with Crippen LogP contribution in [0.3, 0.4) is 0 Å². The fraction of sp³-hybridized carbons (Fsp3) is 0.806. The van der Waals surface area contributed by atoms with Crippen molar-refractivity contribution in [3.63, 3.8) is 0 Å². The molecule has 1 aromatic heterocycles. The van der Waals surface area contributed by atoms with Crippen LogP contribution in [0.2, 0.25) is 0 Å². The maximum Gasteiger partial charge on any atom is 0.382 e. The number of halogens is 2. The number of ether oxygens (including phenoxy) is 3. The molecular weight excluding hydrogens is 549 g/mol. The standard InChI is InChI=1S/C31H43ClFN3O5/c1-19-26(8-9-29(37)38)36(17-22-12-15-39-22)28(34-19)18-35-13-10-20(11-14-35)23-4-3-5-27-30(23)41-31(2,40-27)24-7-6-21(32)16-25(24)33/h20-25,27,30H,3-7,10-18H2,1-2H3,(H,37,38)/t21?,22-,23?,24?,25?,27?,30?,31-/m0/s1. The first-order chi connectivity index (χ1) is 19.7. The van der Waals surface area contributed by atoms with Gasteiger partial charge in [-0.15, -0.1) is 11.6 Å². The molecule has 0 radical (unpaired) electrons. The van der Waals surface area contributed by atoms with Crippen molar-refractivity contribution >= 4 is 17.6 Å². The molecule has 0 bridgehead atoms. The second-order valence-electron chi connectivity index (χ2n) is 12.9. The molecule has 6 rings (SSSR count). The predicted octanol–water partition coefficient (Wildman–Crippen LogP) is 4.67. The van der Waals surface area contributed by atoms with E-state index in [1.807, 2.05) is 13.8 Å². The van der Waals surface area contributed by atoms with E-state index in [1.165, 1.54) is 0 Å². The van der Waals surface area contributed by atoms with Crippen molar-refractivity contribution in [1.29, 1.82) is 0 Å². The minimum atomic E-state index is -1.14. The summed E-state index contributed by atoms with van der Waals surface area (Å²) in [5.41, 5.74) is 1.42. The van der Waals surface area contributed by atoms with Crippen molar-refractivity contribution in [2.45, 2.75) is 120 Å². The lowest BCUT2D eigenvalue weighted by Gasteiger charge is -2.41. The number of piperidine rings is 1. The number of aryl methyl sites for hydroxylation is 1. The summed E-state index contributed by atoms with van der Waals surface area (Å²) in [6, 6.07) is 0. The third-order valence-electron chi connectivity index (χ3n) is 10.2. The van der Waals surface area contributed by atoms with E-state index in [2.05, 4.69) is 21.3 Å². The molecule has 8 atom stereocenters. The number of rotatable bonds is 6. The zero-order chi connectivity index (χ0) is 28.7. The van der Waals surface area contributed by atoms with E-state index in [4.69, 9.17) is 35.9 Å². The Hall–Kier alpha value is -1.70. The van der Waals surface area contributed by atoms with E-state index >= 15 is 4.39 Å². The van der Waals surface area contributed by atoms with Gasteiger partial charge in [-0.3, -0.25) is 4.90 Å². The first-order valence-corrected chi connectivity index (χ1v) is 15.9. The molecular formula is C31H43ClFN3O5. The smallest absolute Gasteiger partial charge is 0.382 e. The molecule has 2 saturated carbocycles. The number of hydrogen-bond acceptors (Lipinski definition) is 6. The van der Waals surface area contributed by atoms with E-state index in [-0.39, 0.29) is 29.6 Å². The van der Waals surface area contributed by atoms with Gasteiger partial charge in [-0.2, -0.15) is 0 Å². The summed E-state index contributed by atoms with van der Waals surface area (Å²) in [4.78, 5) is 18.4. The SMILES string of the molecule is Cc1nc(CN2CCC(C3CCCC4O[C@](C)(C5CCC(Cl)CC5F)OC43)CC2)n(C[C@@H]2CCO2)c1C#CC(=O)O. The topological polar surface area (TPSA) is 86.0 Å². The Morgan fingerprint density at radius 3 is 2.63 bits per heavy atom. The molecule has 10 heteroatoms. The van der Waals surface area contributed by atoms with Gasteiger partial charge in [-0.1, -0.05) is 6.42 Å². The molecule has 5 fully saturated rings. The minimum Gasteiger partial charge on any atom is -0.472 e. The highest BCUT2D eigenvalue weighted by molar-refractivity contribution is 6.20. The fourth-order valence-electron chi connectivity index (χ4n) is 7.97. The zero-order valence-corrected chi connectivity index (χ0v) is 25.0. The van der Waals surface area contributed by atoms with Crippen LogP contribution in [0.25, 0.3) is 0 Å². The summed E-state index contributed by atoms with van der Waals surface area (Å²) in [5.74, 6) is 4.71. The van der Waals surface area contributed by atoms with E-state index in [1.54, 1.807) is 0 Å². The second-order valence-corrected chi connectivity index (χ2v) is 13.5. The number of imidazole rings is 1. The number of carbonyl (C=O) groups is 1. The highest BCUT2D eigenvalue weighted by Gasteiger charge is 2.56. The van der Waals surface area contributed by atoms with Crippen LogP contribution in [-0.2, 0) is 32.1 Å². The number of likely N-dealkylation sites (tertiary alicyclic amines) is 1. The van der Waals surface area contributed by atoms with Gasteiger partial charge < -0.3 is 23.9 Å². The Morgan fingerprint density at radius 1 is 1.17 bits per heavy atom. The number of alkyl halides is 2. The van der Waals surface area contributed by atoms with Gasteiger partial charge >= 0.3 is 5.97 Å². The Bertz CT molecular complexity index is 1170. The molecule has 8 nitrogen and oxygen atoms in total. The highest BCUT2D eigenvalue weighted by atomic mass is 35.5. The maximum atomic E-state index is 15.1. The molecule has 1 N–H and O–H groups in total. The van der Waals surface area contributed by atoms with E-state index in [0.717, 1.165) is 76.2 Å². The van der Waals surface area contributed by atoms with Crippen molar-refractivity contribution in [2.75, 3.05) is 19.7 Å². The quantitative estimate of drug-likeness (QED) is 0.380. The maximum absolute atomic E-state index is 15.1. The van der Waals surface area contributed by atoms with Crippen molar-refractivity contribution in [3.05, 3.63) is 17.2 Å². The van der Waals surface area contributed by atoms with Crippen LogP contribution in [0, 0.1) is 36.5 Å². The van der Waals surface area contributed by atoms with Gasteiger partial charge in [-0.05, 0) is 96.1 Å². The molecule has 5 aliphatic rings. The molecule has 0 amide bonds. The molecule has 3 saturated heterocycles. The van der Waals surface area contributed by atoms with Crippen LogP contribution >= 0.6 is 11.6 Å². The first-order valence-electron chi connectivity index (χ1n) is 15.5. The number of aromatic nitrogens is 2. The summed E-state index contributed by atoms with van der Waals surface area (Å²) >= 11 is 6.25. The van der Waals surface area contributed by atoms with Gasteiger partial charge in [0.15, 0.2) is 5.79 Å². The number of nitrogens with zero attached hydrogens (tertiary/aromatic N) is 3. The van der Waals surface area contributed by atoms with Gasteiger partial charge in [-0.25, -0.2) is 14.2 Å². The van der Waals surface area contributed by atoms with Crippen LogP contribution in [0.1, 0.15) is 81.9 Å². The Balaban J connectivity index is 1.09.